The number of amides is 2. The van der Waals surface area contributed by atoms with Gasteiger partial charge in [-0.2, -0.15) is 0 Å². The SMILES string of the molecule is COCc1ncccc1CN(CCn1ccc2oc(C)cc2c1=O)Cc1ccc2c(c1)N(C)C(=O)C(C)(C)C(=O)N2C1CC1. The highest BCUT2D eigenvalue weighted by molar-refractivity contribution is 6.20. The van der Waals surface area contributed by atoms with Crippen molar-refractivity contribution in [2.75, 3.05) is 30.5 Å². The largest absolute Gasteiger partial charge is 0.461 e. The number of methoxy groups -OCH3 is 1. The molecule has 6 rings (SSSR count). The van der Waals surface area contributed by atoms with Crippen LogP contribution in [0.4, 0.5) is 11.4 Å². The number of ether oxygens (including phenoxy) is 1. The lowest BCUT2D eigenvalue weighted by atomic mass is 9.90. The van der Waals surface area contributed by atoms with Gasteiger partial charge in [0.05, 0.1) is 29.1 Å². The molecule has 1 fully saturated rings. The van der Waals surface area contributed by atoms with E-state index < -0.39 is 5.41 Å². The molecule has 1 aliphatic heterocycles. The van der Waals surface area contributed by atoms with Crippen molar-refractivity contribution in [3.8, 4) is 0 Å². The predicted molar refractivity (Wildman–Crippen MR) is 168 cm³/mol. The molecule has 44 heavy (non-hydrogen) atoms. The Bertz CT molecular complexity index is 1790. The lowest BCUT2D eigenvalue weighted by molar-refractivity contribution is -0.137. The molecule has 4 heterocycles. The Hall–Kier alpha value is -4.28. The van der Waals surface area contributed by atoms with Gasteiger partial charge in [-0.1, -0.05) is 12.1 Å². The number of aromatic nitrogens is 2. The van der Waals surface area contributed by atoms with Crippen LogP contribution in [0.5, 0.6) is 0 Å². The molecular formula is C34H39N5O5. The number of carbonyl (C=O) groups excluding carboxylic acids is 2. The van der Waals surface area contributed by atoms with E-state index in [1.807, 2.05) is 48.2 Å². The zero-order valence-electron chi connectivity index (χ0n) is 26.0. The van der Waals surface area contributed by atoms with Crippen molar-refractivity contribution >= 4 is 34.2 Å². The van der Waals surface area contributed by atoms with Crippen molar-refractivity contribution in [3.05, 3.63) is 87.8 Å². The summed E-state index contributed by atoms with van der Waals surface area (Å²) >= 11 is 0. The van der Waals surface area contributed by atoms with E-state index in [0.717, 1.165) is 41.0 Å². The van der Waals surface area contributed by atoms with E-state index in [2.05, 4.69) is 9.88 Å². The summed E-state index contributed by atoms with van der Waals surface area (Å²) in [5.41, 5.74) is 3.76. The van der Waals surface area contributed by atoms with Crippen LogP contribution in [-0.4, -0.2) is 53.0 Å². The maximum atomic E-state index is 13.6. The summed E-state index contributed by atoms with van der Waals surface area (Å²) in [6.45, 7) is 7.85. The Labute approximate surface area is 256 Å². The normalized spacial score (nSPS) is 16.6. The fraction of sp³-hybridized carbons (Fsp3) is 0.412. The number of aryl methyl sites for hydroxylation is 1. The van der Waals surface area contributed by atoms with Crippen molar-refractivity contribution in [2.45, 2.75) is 65.9 Å². The number of carbonyl (C=O) groups is 2. The molecule has 0 bridgehead atoms. The predicted octanol–water partition coefficient (Wildman–Crippen LogP) is 4.64. The molecule has 1 aliphatic carbocycles. The molecule has 10 heteroatoms. The number of furan rings is 1. The summed E-state index contributed by atoms with van der Waals surface area (Å²) in [6, 6.07) is 13.7. The standard InChI is InChI=1S/C34H39N5O5/c1-22-17-26-30(44-22)12-14-38(31(26)40)16-15-37(20-24-7-6-13-35-27(24)21-43-5)19-23-8-11-28-29(18-23)36(4)32(41)34(2,3)33(42)39(28)25-9-10-25/h6-8,11-14,17-18,25H,9-10,15-16,19-21H2,1-5H3. The highest BCUT2D eigenvalue weighted by atomic mass is 16.5. The van der Waals surface area contributed by atoms with Crippen LogP contribution < -0.4 is 15.4 Å². The molecule has 10 nitrogen and oxygen atoms in total. The maximum absolute atomic E-state index is 13.6. The minimum atomic E-state index is -1.15. The van der Waals surface area contributed by atoms with Gasteiger partial charge < -0.3 is 23.5 Å². The Kier molecular flexibility index (Phi) is 7.89. The highest BCUT2D eigenvalue weighted by Gasteiger charge is 2.49. The number of fused-ring (bicyclic) bond motifs is 2. The fourth-order valence-electron chi connectivity index (χ4n) is 6.09. The van der Waals surface area contributed by atoms with Crippen LogP contribution in [0.1, 0.15) is 49.3 Å². The third-order valence-corrected chi connectivity index (χ3v) is 8.67. The fourth-order valence-corrected chi connectivity index (χ4v) is 6.09. The van der Waals surface area contributed by atoms with Crippen LogP contribution in [0.3, 0.4) is 0 Å². The Morgan fingerprint density at radius 3 is 2.59 bits per heavy atom. The summed E-state index contributed by atoms with van der Waals surface area (Å²) in [5, 5.41) is 0.572. The van der Waals surface area contributed by atoms with E-state index in [1.165, 1.54) is 0 Å². The maximum Gasteiger partial charge on any atom is 0.261 e. The molecular weight excluding hydrogens is 558 g/mol. The summed E-state index contributed by atoms with van der Waals surface area (Å²) < 4.78 is 12.8. The van der Waals surface area contributed by atoms with Crippen LogP contribution in [0.2, 0.25) is 0 Å². The van der Waals surface area contributed by atoms with Crippen molar-refractivity contribution in [2.24, 2.45) is 5.41 Å². The van der Waals surface area contributed by atoms with Gasteiger partial charge in [-0.05, 0) is 75.1 Å². The first-order chi connectivity index (χ1) is 21.1. The van der Waals surface area contributed by atoms with Gasteiger partial charge in [0.1, 0.15) is 16.8 Å². The number of anilines is 2. The van der Waals surface area contributed by atoms with Gasteiger partial charge in [0.25, 0.3) is 5.56 Å². The van der Waals surface area contributed by atoms with Gasteiger partial charge in [0, 0.05) is 58.8 Å². The van der Waals surface area contributed by atoms with Gasteiger partial charge in [0.2, 0.25) is 11.8 Å². The second-order valence-corrected chi connectivity index (χ2v) is 12.4. The minimum Gasteiger partial charge on any atom is -0.461 e. The zero-order valence-corrected chi connectivity index (χ0v) is 26.0. The molecule has 0 radical (unpaired) electrons. The molecule has 4 aromatic rings. The van der Waals surface area contributed by atoms with Crippen LogP contribution >= 0.6 is 0 Å². The van der Waals surface area contributed by atoms with E-state index in [4.69, 9.17) is 9.15 Å². The second-order valence-electron chi connectivity index (χ2n) is 12.4. The van der Waals surface area contributed by atoms with Crippen LogP contribution in [0.15, 0.2) is 64.1 Å². The molecule has 2 amide bonds. The first-order valence-corrected chi connectivity index (χ1v) is 15.1. The molecule has 3 aromatic heterocycles. The third-order valence-electron chi connectivity index (χ3n) is 8.67. The Morgan fingerprint density at radius 2 is 1.84 bits per heavy atom. The zero-order chi connectivity index (χ0) is 31.2. The molecule has 230 valence electrons. The van der Waals surface area contributed by atoms with E-state index in [-0.39, 0.29) is 23.4 Å². The lowest BCUT2D eigenvalue weighted by Crippen LogP contribution is -2.48. The van der Waals surface area contributed by atoms with Gasteiger partial charge in [-0.25, -0.2) is 0 Å². The van der Waals surface area contributed by atoms with E-state index >= 15 is 0 Å². The number of benzene rings is 1. The van der Waals surface area contributed by atoms with E-state index in [9.17, 15) is 14.4 Å². The average molecular weight is 598 g/mol. The van der Waals surface area contributed by atoms with Crippen molar-refractivity contribution in [3.63, 3.8) is 0 Å². The molecule has 0 spiro atoms. The summed E-state index contributed by atoms with van der Waals surface area (Å²) in [5.74, 6) is 0.336. The van der Waals surface area contributed by atoms with Crippen LogP contribution in [0.25, 0.3) is 11.0 Å². The molecule has 0 unspecified atom stereocenters. The van der Waals surface area contributed by atoms with Crippen molar-refractivity contribution in [1.29, 1.82) is 0 Å². The van der Waals surface area contributed by atoms with Gasteiger partial charge in [-0.3, -0.25) is 24.3 Å². The quantitative estimate of drug-likeness (QED) is 0.246. The molecule has 0 saturated heterocycles. The number of rotatable bonds is 10. The molecule has 0 N–H and O–H groups in total. The first kappa shape index (κ1) is 29.8. The second kappa shape index (κ2) is 11.7. The van der Waals surface area contributed by atoms with Crippen molar-refractivity contribution in [1.82, 2.24) is 14.5 Å². The smallest absolute Gasteiger partial charge is 0.261 e. The Balaban J connectivity index is 1.33. The van der Waals surface area contributed by atoms with E-state index in [0.29, 0.717) is 49.5 Å². The van der Waals surface area contributed by atoms with Crippen LogP contribution in [-0.2, 0) is 40.6 Å². The topological polar surface area (TPSA) is 101 Å². The van der Waals surface area contributed by atoms with Gasteiger partial charge >= 0.3 is 0 Å². The third kappa shape index (κ3) is 5.55. The Morgan fingerprint density at radius 1 is 1.05 bits per heavy atom. The lowest BCUT2D eigenvalue weighted by Gasteiger charge is -2.28. The first-order valence-electron chi connectivity index (χ1n) is 15.1. The molecule has 2 aliphatic rings. The van der Waals surface area contributed by atoms with Gasteiger partial charge in [-0.15, -0.1) is 0 Å². The molecule has 0 atom stereocenters. The summed E-state index contributed by atoms with van der Waals surface area (Å²) in [4.78, 5) is 50.6. The van der Waals surface area contributed by atoms with E-state index in [1.54, 1.807) is 55.9 Å². The number of pyridine rings is 2. The molecule has 1 aromatic carbocycles. The average Bonchev–Trinajstić information content (AvgIpc) is 3.77. The summed E-state index contributed by atoms with van der Waals surface area (Å²) in [6.07, 6.45) is 5.41. The van der Waals surface area contributed by atoms with Crippen molar-refractivity contribution < 1.29 is 18.7 Å². The number of hydrogen-bond acceptors (Lipinski definition) is 7. The van der Waals surface area contributed by atoms with Gasteiger partial charge in [0.15, 0.2) is 0 Å². The highest BCUT2D eigenvalue weighted by Crippen LogP contribution is 2.44. The molecule has 1 saturated carbocycles. The summed E-state index contributed by atoms with van der Waals surface area (Å²) in [7, 11) is 3.40. The number of hydrogen-bond donors (Lipinski definition) is 0. The minimum absolute atomic E-state index is 0.0848. The number of nitrogens with zero attached hydrogens (tertiary/aromatic N) is 5. The van der Waals surface area contributed by atoms with Crippen LogP contribution in [0, 0.1) is 12.3 Å². The monoisotopic (exact) mass is 597 g/mol.